The summed E-state index contributed by atoms with van der Waals surface area (Å²) in [7, 11) is 0. The van der Waals surface area contributed by atoms with Gasteiger partial charge in [0.05, 0.1) is 6.04 Å². The van der Waals surface area contributed by atoms with Gasteiger partial charge in [-0.25, -0.2) is 4.79 Å². The number of benzene rings is 1. The van der Waals surface area contributed by atoms with Crippen LogP contribution in [0, 0.1) is 5.92 Å². The second-order valence-electron chi connectivity index (χ2n) is 5.38. The van der Waals surface area contributed by atoms with Crippen molar-refractivity contribution in [3.05, 3.63) is 35.9 Å². The highest BCUT2D eigenvalue weighted by Crippen LogP contribution is 2.34. The molecule has 0 bridgehead atoms. The molecule has 0 aliphatic heterocycles. The number of carbonyl (C=O) groups excluding carboxylic acids is 1. The van der Waals surface area contributed by atoms with Crippen LogP contribution in [0.25, 0.3) is 0 Å². The van der Waals surface area contributed by atoms with Crippen LogP contribution >= 0.6 is 0 Å². The lowest BCUT2D eigenvalue weighted by Crippen LogP contribution is -2.50. The molecule has 1 aliphatic rings. The highest BCUT2D eigenvalue weighted by Gasteiger charge is 2.33. The van der Waals surface area contributed by atoms with Gasteiger partial charge in [0, 0.05) is 6.54 Å². The highest BCUT2D eigenvalue weighted by atomic mass is 16.4. The molecule has 2 amide bonds. The summed E-state index contributed by atoms with van der Waals surface area (Å²) >= 11 is 0. The summed E-state index contributed by atoms with van der Waals surface area (Å²) in [6.07, 6.45) is -0.0561. The lowest BCUT2D eigenvalue weighted by Gasteiger charge is -2.22. The molecule has 0 spiro atoms. The molecule has 1 saturated carbocycles. The minimum atomic E-state index is -1.37. The maximum Gasteiger partial charge on any atom is 0.404 e. The van der Waals surface area contributed by atoms with Gasteiger partial charge < -0.3 is 20.8 Å². The molecule has 0 radical (unpaired) electrons. The highest BCUT2D eigenvalue weighted by molar-refractivity contribution is 5.82. The molecular weight excluding hydrogens is 272 g/mol. The molecule has 2 rings (SSSR count). The molecule has 1 aromatic rings. The number of hydrogen-bond acceptors (Lipinski definition) is 3. The lowest BCUT2D eigenvalue weighted by molar-refractivity contribution is -0.131. The summed E-state index contributed by atoms with van der Waals surface area (Å²) in [5.41, 5.74) is 0.919. The number of carbonyl (C=O) groups is 2. The minimum absolute atomic E-state index is 0.306. The number of amides is 2. The molecule has 0 heterocycles. The van der Waals surface area contributed by atoms with Gasteiger partial charge in [-0.1, -0.05) is 43.2 Å². The van der Waals surface area contributed by atoms with Gasteiger partial charge in [-0.2, -0.15) is 0 Å². The molecule has 1 aromatic carbocycles. The van der Waals surface area contributed by atoms with E-state index in [1.165, 1.54) is 0 Å². The number of nitrogens with one attached hydrogen (secondary N) is 2. The summed E-state index contributed by atoms with van der Waals surface area (Å²) in [6.45, 7) is 0.306. The molecule has 4 N–H and O–H groups in total. The molecule has 6 nitrogen and oxygen atoms in total. The quantitative estimate of drug-likeness (QED) is 0.605. The molecule has 2 atom stereocenters. The van der Waals surface area contributed by atoms with Crippen molar-refractivity contribution in [2.75, 3.05) is 0 Å². The average Bonchev–Trinajstić information content (AvgIpc) is 3.28. The zero-order valence-corrected chi connectivity index (χ0v) is 11.7. The van der Waals surface area contributed by atoms with Gasteiger partial charge in [0.25, 0.3) is 5.91 Å². The molecule has 21 heavy (non-hydrogen) atoms. The Kier molecular flexibility index (Phi) is 5.16. The van der Waals surface area contributed by atoms with Crippen LogP contribution in [0.2, 0.25) is 0 Å². The third-order valence-electron chi connectivity index (χ3n) is 3.55. The van der Waals surface area contributed by atoms with E-state index in [0.29, 0.717) is 18.9 Å². The van der Waals surface area contributed by atoms with E-state index in [2.05, 4.69) is 10.6 Å². The van der Waals surface area contributed by atoms with E-state index in [-0.39, 0.29) is 0 Å². The van der Waals surface area contributed by atoms with Gasteiger partial charge in [-0.15, -0.1) is 0 Å². The van der Waals surface area contributed by atoms with Gasteiger partial charge in [-0.3, -0.25) is 4.79 Å². The average molecular weight is 292 g/mol. The van der Waals surface area contributed by atoms with Crippen molar-refractivity contribution in [2.24, 2.45) is 5.92 Å². The number of aliphatic hydroxyl groups excluding tert-OH is 1. The van der Waals surface area contributed by atoms with E-state index >= 15 is 0 Å². The fraction of sp³-hybridized carbons (Fsp3) is 0.467. The summed E-state index contributed by atoms with van der Waals surface area (Å²) in [4.78, 5) is 22.7. The van der Waals surface area contributed by atoms with Crippen molar-refractivity contribution in [3.8, 4) is 0 Å². The molecule has 0 aromatic heterocycles. The Labute approximate surface area is 123 Å². The van der Waals surface area contributed by atoms with Crippen molar-refractivity contribution in [3.63, 3.8) is 0 Å². The molecule has 1 unspecified atom stereocenters. The number of rotatable bonds is 7. The molecule has 1 fully saturated rings. The maximum atomic E-state index is 11.9. The van der Waals surface area contributed by atoms with Crippen molar-refractivity contribution < 1.29 is 19.8 Å². The Morgan fingerprint density at radius 3 is 2.48 bits per heavy atom. The first-order valence-electron chi connectivity index (χ1n) is 7.05. The van der Waals surface area contributed by atoms with Crippen LogP contribution in [-0.2, 0) is 11.3 Å². The van der Waals surface area contributed by atoms with E-state index in [9.17, 15) is 14.7 Å². The minimum Gasteiger partial charge on any atom is -0.465 e. The van der Waals surface area contributed by atoms with Crippen LogP contribution in [0.1, 0.15) is 24.8 Å². The molecule has 0 saturated heterocycles. The van der Waals surface area contributed by atoms with Gasteiger partial charge in [-0.05, 0) is 17.9 Å². The van der Waals surface area contributed by atoms with Crippen LogP contribution in [-0.4, -0.2) is 34.4 Å². The Bertz CT molecular complexity index is 488. The molecular formula is C15H20N2O4. The SMILES string of the molecule is O=C(O)N[C@@H](CC1CC1)C(O)C(=O)NCc1ccccc1. The number of hydrogen-bond donors (Lipinski definition) is 4. The topological polar surface area (TPSA) is 98.7 Å². The van der Waals surface area contributed by atoms with Crippen molar-refractivity contribution >= 4 is 12.0 Å². The van der Waals surface area contributed by atoms with Crippen molar-refractivity contribution in [2.45, 2.75) is 38.0 Å². The fourth-order valence-electron chi connectivity index (χ4n) is 2.21. The van der Waals surface area contributed by atoms with E-state index in [4.69, 9.17) is 5.11 Å². The van der Waals surface area contributed by atoms with Crippen LogP contribution in [0.15, 0.2) is 30.3 Å². The van der Waals surface area contributed by atoms with Crippen molar-refractivity contribution in [1.82, 2.24) is 10.6 Å². The predicted molar refractivity (Wildman–Crippen MR) is 76.6 cm³/mol. The lowest BCUT2D eigenvalue weighted by atomic mass is 10.0. The summed E-state index contributed by atoms with van der Waals surface area (Å²) in [5, 5.41) is 23.7. The number of carboxylic acid groups (broad SMARTS) is 1. The first kappa shape index (κ1) is 15.3. The van der Waals surface area contributed by atoms with E-state index < -0.39 is 24.1 Å². The Morgan fingerprint density at radius 2 is 1.90 bits per heavy atom. The second kappa shape index (κ2) is 7.08. The summed E-state index contributed by atoms with van der Waals surface area (Å²) < 4.78 is 0. The van der Waals surface area contributed by atoms with Gasteiger partial charge in [0.1, 0.15) is 0 Å². The number of aliphatic hydroxyl groups is 1. The third kappa shape index (κ3) is 5.07. The Hall–Kier alpha value is -2.08. The Balaban J connectivity index is 1.87. The van der Waals surface area contributed by atoms with E-state index in [1.807, 2.05) is 30.3 Å². The summed E-state index contributed by atoms with van der Waals surface area (Å²) in [5.74, 6) is -0.156. The monoisotopic (exact) mass is 292 g/mol. The van der Waals surface area contributed by atoms with Crippen LogP contribution < -0.4 is 10.6 Å². The molecule has 114 valence electrons. The fourth-order valence-corrected chi connectivity index (χ4v) is 2.21. The van der Waals surface area contributed by atoms with Gasteiger partial charge in [0.2, 0.25) is 0 Å². The third-order valence-corrected chi connectivity index (χ3v) is 3.55. The van der Waals surface area contributed by atoms with Gasteiger partial charge in [0.15, 0.2) is 6.10 Å². The smallest absolute Gasteiger partial charge is 0.404 e. The molecule has 6 heteroatoms. The normalized spacial score (nSPS) is 16.8. The van der Waals surface area contributed by atoms with E-state index in [1.54, 1.807) is 0 Å². The zero-order chi connectivity index (χ0) is 15.2. The Morgan fingerprint density at radius 1 is 1.24 bits per heavy atom. The zero-order valence-electron chi connectivity index (χ0n) is 11.7. The maximum absolute atomic E-state index is 11.9. The van der Waals surface area contributed by atoms with Crippen LogP contribution in [0.4, 0.5) is 4.79 Å². The predicted octanol–water partition coefficient (Wildman–Crippen LogP) is 1.10. The standard InChI is InChI=1S/C15H20N2O4/c18-13(12(17-15(20)21)8-10-6-7-10)14(19)16-9-11-4-2-1-3-5-11/h1-5,10,12-13,17-18H,6-9H2,(H,16,19)(H,20,21)/t12-,13?/m0/s1. The van der Waals surface area contributed by atoms with Gasteiger partial charge >= 0.3 is 6.09 Å². The van der Waals surface area contributed by atoms with Crippen LogP contribution in [0.3, 0.4) is 0 Å². The van der Waals surface area contributed by atoms with E-state index in [0.717, 1.165) is 18.4 Å². The summed E-state index contributed by atoms with van der Waals surface area (Å²) in [6, 6.07) is 8.57. The van der Waals surface area contributed by atoms with Crippen molar-refractivity contribution in [1.29, 1.82) is 0 Å². The second-order valence-corrected chi connectivity index (χ2v) is 5.38. The largest absolute Gasteiger partial charge is 0.465 e. The molecule has 1 aliphatic carbocycles. The first-order chi connectivity index (χ1) is 10.1. The first-order valence-corrected chi connectivity index (χ1v) is 7.05. The van der Waals surface area contributed by atoms with Crippen LogP contribution in [0.5, 0.6) is 0 Å².